The molecule has 0 aromatic heterocycles. The molecular formula is C21H27F2N3O4. The van der Waals surface area contributed by atoms with Crippen molar-refractivity contribution in [3.63, 3.8) is 0 Å². The monoisotopic (exact) mass is 423 g/mol. The molecule has 1 aromatic rings. The fraction of sp³-hybridized carbons (Fsp3) is 0.476. The van der Waals surface area contributed by atoms with Crippen molar-refractivity contribution < 1.29 is 27.8 Å². The highest BCUT2D eigenvalue weighted by Gasteiger charge is 2.23. The van der Waals surface area contributed by atoms with Gasteiger partial charge in [0, 0.05) is 25.5 Å². The van der Waals surface area contributed by atoms with Gasteiger partial charge in [-0.05, 0) is 43.7 Å². The third kappa shape index (κ3) is 6.35. The number of hydrogen-bond donors (Lipinski definition) is 2. The molecular weight excluding hydrogens is 396 g/mol. The predicted octanol–water partition coefficient (Wildman–Crippen LogP) is 2.49. The fourth-order valence-electron chi connectivity index (χ4n) is 3.10. The van der Waals surface area contributed by atoms with Crippen LogP contribution >= 0.6 is 0 Å². The number of carbonyl (C=O) groups is 2. The number of ether oxygens (including phenoxy) is 2. The summed E-state index contributed by atoms with van der Waals surface area (Å²) < 4.78 is 37.7. The summed E-state index contributed by atoms with van der Waals surface area (Å²) >= 11 is 0. The largest absolute Gasteiger partial charge is 0.454 e. The van der Waals surface area contributed by atoms with Crippen LogP contribution in [0.15, 0.2) is 34.5 Å². The zero-order chi connectivity index (χ0) is 22.1. The lowest BCUT2D eigenvalue weighted by molar-refractivity contribution is -0.137. The third-order valence-electron chi connectivity index (χ3n) is 4.90. The molecule has 0 spiro atoms. The average molecular weight is 423 g/mol. The molecule has 0 atom stereocenters. The maximum absolute atomic E-state index is 13.7. The fourth-order valence-corrected chi connectivity index (χ4v) is 3.10. The minimum Gasteiger partial charge on any atom is -0.454 e. The Morgan fingerprint density at radius 3 is 2.43 bits per heavy atom. The normalized spacial score (nSPS) is 16.2. The first-order valence-electron chi connectivity index (χ1n) is 9.86. The molecule has 2 rings (SSSR count). The quantitative estimate of drug-likeness (QED) is 0.207. The van der Waals surface area contributed by atoms with E-state index in [2.05, 4.69) is 4.99 Å². The molecule has 1 heterocycles. The van der Waals surface area contributed by atoms with E-state index < -0.39 is 35.6 Å². The Morgan fingerprint density at radius 1 is 1.20 bits per heavy atom. The van der Waals surface area contributed by atoms with Crippen LogP contribution in [0.2, 0.25) is 0 Å². The molecule has 1 saturated heterocycles. The molecule has 0 saturated carbocycles. The molecule has 7 nitrogen and oxygen atoms in total. The van der Waals surface area contributed by atoms with Gasteiger partial charge in [0.05, 0.1) is 5.56 Å². The lowest BCUT2D eigenvalue weighted by Crippen LogP contribution is -2.29. The van der Waals surface area contributed by atoms with Gasteiger partial charge in [0.1, 0.15) is 23.0 Å². The summed E-state index contributed by atoms with van der Waals surface area (Å²) in [6.07, 6.45) is 3.00. The van der Waals surface area contributed by atoms with Gasteiger partial charge in [-0.25, -0.2) is 13.6 Å². The van der Waals surface area contributed by atoms with Gasteiger partial charge in [0.15, 0.2) is 6.61 Å². The summed E-state index contributed by atoms with van der Waals surface area (Å²) in [5.41, 5.74) is 11.1. The molecule has 0 radical (unpaired) electrons. The molecule has 1 aliphatic rings. The summed E-state index contributed by atoms with van der Waals surface area (Å²) in [6.45, 7) is 2.72. The molecule has 9 heteroatoms. The zero-order valence-corrected chi connectivity index (χ0v) is 17.0. The number of nitrogens with two attached hydrogens (primary N) is 2. The van der Waals surface area contributed by atoms with E-state index in [1.54, 1.807) is 6.92 Å². The second-order valence-corrected chi connectivity index (χ2v) is 6.96. The van der Waals surface area contributed by atoms with E-state index in [1.807, 2.05) is 0 Å². The highest BCUT2D eigenvalue weighted by molar-refractivity contribution is 6.19. The number of esters is 1. The number of allylic oxidation sites excluding steroid dienone is 1. The van der Waals surface area contributed by atoms with Gasteiger partial charge in [0.25, 0.3) is 0 Å². The minimum absolute atomic E-state index is 0.0871. The second-order valence-electron chi connectivity index (χ2n) is 6.96. The summed E-state index contributed by atoms with van der Waals surface area (Å²) in [6, 6.07) is 3.02. The van der Waals surface area contributed by atoms with Gasteiger partial charge in [0.2, 0.25) is 5.78 Å². The number of halogens is 2. The number of hydrogen-bond acceptors (Lipinski definition) is 6. The number of nitrogens with zero attached hydrogens (tertiary/aromatic N) is 1. The van der Waals surface area contributed by atoms with Gasteiger partial charge in [-0.3, -0.25) is 9.79 Å². The number of amidine groups is 1. The van der Waals surface area contributed by atoms with E-state index in [1.165, 1.54) is 0 Å². The number of Topliss-reactive ketones (excluding diaryl/α,β-unsaturated/α-hetero) is 1. The van der Waals surface area contributed by atoms with Crippen molar-refractivity contribution in [3.8, 4) is 0 Å². The van der Waals surface area contributed by atoms with E-state index in [-0.39, 0.29) is 17.1 Å². The van der Waals surface area contributed by atoms with Crippen LogP contribution in [0.1, 0.15) is 43.0 Å². The first kappa shape index (κ1) is 23.5. The maximum Gasteiger partial charge on any atom is 0.344 e. The molecule has 0 aliphatic carbocycles. The molecule has 0 amide bonds. The summed E-state index contributed by atoms with van der Waals surface area (Å²) in [7, 11) is 0. The second kappa shape index (κ2) is 11.4. The smallest absolute Gasteiger partial charge is 0.344 e. The van der Waals surface area contributed by atoms with E-state index in [0.717, 1.165) is 50.7 Å². The van der Waals surface area contributed by atoms with Gasteiger partial charge < -0.3 is 20.9 Å². The van der Waals surface area contributed by atoms with Crippen LogP contribution in [0, 0.1) is 17.6 Å². The number of benzene rings is 1. The van der Waals surface area contributed by atoms with Gasteiger partial charge in [-0.15, -0.1) is 0 Å². The molecule has 0 bridgehead atoms. The van der Waals surface area contributed by atoms with Gasteiger partial charge in [-0.2, -0.15) is 0 Å². The van der Waals surface area contributed by atoms with Gasteiger partial charge >= 0.3 is 5.97 Å². The van der Waals surface area contributed by atoms with Crippen molar-refractivity contribution in [3.05, 3.63) is 46.7 Å². The van der Waals surface area contributed by atoms with E-state index in [9.17, 15) is 18.4 Å². The number of ketones is 1. The number of rotatable bonds is 9. The molecule has 1 aromatic carbocycles. The Morgan fingerprint density at radius 2 is 1.83 bits per heavy atom. The van der Waals surface area contributed by atoms with Crippen molar-refractivity contribution in [2.45, 2.75) is 32.6 Å². The first-order chi connectivity index (χ1) is 14.3. The third-order valence-corrected chi connectivity index (χ3v) is 4.90. The first-order valence-corrected chi connectivity index (χ1v) is 9.86. The lowest BCUT2D eigenvalue weighted by Gasteiger charge is -2.21. The van der Waals surface area contributed by atoms with E-state index in [0.29, 0.717) is 18.9 Å². The maximum atomic E-state index is 13.7. The summed E-state index contributed by atoms with van der Waals surface area (Å²) in [5, 5.41) is 0. The highest BCUT2D eigenvalue weighted by atomic mass is 19.1. The average Bonchev–Trinajstić information content (AvgIpc) is 2.73. The Labute approximate surface area is 174 Å². The van der Waals surface area contributed by atoms with Crippen LogP contribution in [0.25, 0.3) is 0 Å². The number of aliphatic imine (C=N–C) groups is 1. The van der Waals surface area contributed by atoms with E-state index in [4.69, 9.17) is 20.9 Å². The molecule has 4 N–H and O–H groups in total. The van der Waals surface area contributed by atoms with Gasteiger partial charge in [-0.1, -0.05) is 13.0 Å². The van der Waals surface area contributed by atoms with Crippen LogP contribution in [0.3, 0.4) is 0 Å². The minimum atomic E-state index is -1.03. The standard InChI is InChI=1S/C21H27F2N3O4/c1-2-16(24)19(20(25)26-9-6-13-7-10-29-11-8-13)21(28)30-12-17(27)18-14(22)4-3-5-15(18)23/h3-5,13H,2,6-12,24H2,1H3,(H2,25,26). The Kier molecular flexibility index (Phi) is 8.91. The molecule has 30 heavy (non-hydrogen) atoms. The Balaban J connectivity index is 2.02. The van der Waals surface area contributed by atoms with Crippen LogP contribution in [0.5, 0.6) is 0 Å². The highest BCUT2D eigenvalue weighted by Crippen LogP contribution is 2.18. The molecule has 0 unspecified atom stereocenters. The zero-order valence-electron chi connectivity index (χ0n) is 17.0. The lowest BCUT2D eigenvalue weighted by atomic mass is 9.97. The van der Waals surface area contributed by atoms with Crippen LogP contribution in [-0.2, 0) is 14.3 Å². The van der Waals surface area contributed by atoms with Crippen molar-refractivity contribution >= 4 is 17.6 Å². The molecule has 1 aliphatic heterocycles. The Bertz CT molecular complexity index is 813. The van der Waals surface area contributed by atoms with Crippen molar-refractivity contribution in [2.75, 3.05) is 26.4 Å². The van der Waals surface area contributed by atoms with Crippen LogP contribution in [-0.4, -0.2) is 44.0 Å². The predicted molar refractivity (Wildman–Crippen MR) is 108 cm³/mol. The Hall–Kier alpha value is -2.81. The van der Waals surface area contributed by atoms with Crippen molar-refractivity contribution in [1.82, 2.24) is 0 Å². The summed E-state index contributed by atoms with van der Waals surface area (Å²) in [4.78, 5) is 28.8. The van der Waals surface area contributed by atoms with Crippen molar-refractivity contribution in [1.29, 1.82) is 0 Å². The molecule has 1 fully saturated rings. The SMILES string of the molecule is CCC(N)=C(C(=O)OCC(=O)c1c(F)cccc1F)C(N)=NCCC1CCOCC1. The van der Waals surface area contributed by atoms with E-state index >= 15 is 0 Å². The molecule has 164 valence electrons. The van der Waals surface area contributed by atoms with Crippen LogP contribution < -0.4 is 11.5 Å². The number of carbonyl (C=O) groups excluding carboxylic acids is 2. The van der Waals surface area contributed by atoms with Crippen LogP contribution in [0.4, 0.5) is 8.78 Å². The topological polar surface area (TPSA) is 117 Å². The van der Waals surface area contributed by atoms with Crippen molar-refractivity contribution in [2.24, 2.45) is 22.4 Å². The summed E-state index contributed by atoms with van der Waals surface area (Å²) in [5.74, 6) is -3.65.